The Morgan fingerprint density at radius 1 is 1.29 bits per heavy atom. The molecule has 3 heterocycles. The minimum Gasteiger partial charge on any atom is -0.497 e. The van der Waals surface area contributed by atoms with E-state index in [1.54, 1.807) is 7.11 Å². The Morgan fingerprint density at radius 3 is 3.05 bits per heavy atom. The molecule has 1 unspecified atom stereocenters. The molecule has 0 saturated heterocycles. The van der Waals surface area contributed by atoms with Crippen LogP contribution in [0.3, 0.4) is 0 Å². The molecule has 0 aliphatic carbocycles. The van der Waals surface area contributed by atoms with Gasteiger partial charge in [-0.25, -0.2) is 4.68 Å². The Morgan fingerprint density at radius 2 is 2.24 bits per heavy atom. The van der Waals surface area contributed by atoms with E-state index in [0.29, 0.717) is 0 Å². The van der Waals surface area contributed by atoms with Gasteiger partial charge < -0.3 is 10.1 Å². The summed E-state index contributed by atoms with van der Waals surface area (Å²) in [6.45, 7) is 0.916. The topological polar surface area (TPSA) is 52.0 Å². The van der Waals surface area contributed by atoms with Crippen LogP contribution in [-0.4, -0.2) is 28.4 Å². The summed E-state index contributed by atoms with van der Waals surface area (Å²) in [5, 5.41) is 9.29. The second-order valence-electron chi connectivity index (χ2n) is 5.16. The monoisotopic (exact) mass is 280 g/mol. The molecule has 106 valence electrons. The Kier molecular flexibility index (Phi) is 2.77. The normalized spacial score (nSPS) is 17.3. The maximum atomic E-state index is 5.32. The maximum absolute atomic E-state index is 5.32. The molecular formula is C16H16N4O. The number of aromatic nitrogens is 3. The van der Waals surface area contributed by atoms with E-state index in [9.17, 15) is 0 Å². The fraction of sp³-hybridized carbons (Fsp3) is 0.250. The van der Waals surface area contributed by atoms with E-state index in [2.05, 4.69) is 21.0 Å². The summed E-state index contributed by atoms with van der Waals surface area (Å²) in [7, 11) is 1.68. The summed E-state index contributed by atoms with van der Waals surface area (Å²) in [6, 6.07) is 12.2. The fourth-order valence-corrected chi connectivity index (χ4v) is 2.91. The number of nitrogens with one attached hydrogen (secondary N) is 1. The van der Waals surface area contributed by atoms with E-state index in [4.69, 9.17) is 9.84 Å². The van der Waals surface area contributed by atoms with E-state index in [0.717, 1.165) is 41.1 Å². The van der Waals surface area contributed by atoms with Gasteiger partial charge in [0.1, 0.15) is 11.6 Å². The molecule has 0 fully saturated rings. The molecule has 2 aromatic heterocycles. The van der Waals surface area contributed by atoms with Gasteiger partial charge in [0.05, 0.1) is 24.4 Å². The summed E-state index contributed by atoms with van der Waals surface area (Å²) >= 11 is 0. The first kappa shape index (κ1) is 12.2. The highest BCUT2D eigenvalue weighted by molar-refractivity contribution is 5.91. The zero-order chi connectivity index (χ0) is 14.2. The zero-order valence-electron chi connectivity index (χ0n) is 11.8. The highest BCUT2D eigenvalue weighted by Crippen LogP contribution is 2.35. The van der Waals surface area contributed by atoms with Gasteiger partial charge in [0.25, 0.3) is 0 Å². The molecule has 21 heavy (non-hydrogen) atoms. The molecule has 0 spiro atoms. The predicted molar refractivity (Wildman–Crippen MR) is 81.8 cm³/mol. The lowest BCUT2D eigenvalue weighted by Gasteiger charge is -2.25. The third kappa shape index (κ3) is 1.93. The number of ether oxygens (including phenoxy) is 1. The second-order valence-corrected chi connectivity index (χ2v) is 5.16. The number of methoxy groups -OCH3 is 1. The van der Waals surface area contributed by atoms with Crippen molar-refractivity contribution in [1.82, 2.24) is 14.8 Å². The fourth-order valence-electron chi connectivity index (χ4n) is 2.91. The Bertz CT molecular complexity index is 782. The summed E-state index contributed by atoms with van der Waals surface area (Å²) < 4.78 is 7.37. The Hall–Kier alpha value is -2.56. The van der Waals surface area contributed by atoms with Gasteiger partial charge in [0.2, 0.25) is 0 Å². The van der Waals surface area contributed by atoms with Crippen molar-refractivity contribution in [2.75, 3.05) is 19.0 Å². The molecule has 1 N–H and O–H groups in total. The van der Waals surface area contributed by atoms with Crippen molar-refractivity contribution in [1.29, 1.82) is 0 Å². The minimum absolute atomic E-state index is 0.181. The lowest BCUT2D eigenvalue weighted by atomic mass is 10.1. The Balaban J connectivity index is 1.88. The zero-order valence-corrected chi connectivity index (χ0v) is 11.8. The number of benzene rings is 1. The first-order valence-electron chi connectivity index (χ1n) is 7.08. The van der Waals surface area contributed by atoms with Crippen LogP contribution in [0.5, 0.6) is 5.75 Å². The van der Waals surface area contributed by atoms with Crippen molar-refractivity contribution in [2.45, 2.75) is 12.5 Å². The van der Waals surface area contributed by atoms with Crippen LogP contribution in [0, 0.1) is 0 Å². The van der Waals surface area contributed by atoms with Gasteiger partial charge in [-0.15, -0.1) is 0 Å². The van der Waals surface area contributed by atoms with Gasteiger partial charge in [0, 0.05) is 18.1 Å². The van der Waals surface area contributed by atoms with Crippen molar-refractivity contribution in [3.8, 4) is 5.75 Å². The Labute approximate surface area is 122 Å². The third-order valence-electron chi connectivity index (χ3n) is 3.94. The van der Waals surface area contributed by atoms with Crippen LogP contribution in [0.4, 0.5) is 5.82 Å². The maximum Gasteiger partial charge on any atom is 0.133 e. The number of hydrogen-bond donors (Lipinski definition) is 1. The van der Waals surface area contributed by atoms with Crippen molar-refractivity contribution in [3.05, 3.63) is 48.3 Å². The van der Waals surface area contributed by atoms with Crippen LogP contribution in [0.15, 0.2) is 42.6 Å². The van der Waals surface area contributed by atoms with Crippen LogP contribution in [0.25, 0.3) is 10.9 Å². The number of pyridine rings is 1. The van der Waals surface area contributed by atoms with Gasteiger partial charge in [-0.1, -0.05) is 6.07 Å². The molecule has 4 rings (SSSR count). The molecule has 1 atom stereocenters. The highest BCUT2D eigenvalue weighted by Gasteiger charge is 2.25. The van der Waals surface area contributed by atoms with Crippen molar-refractivity contribution < 1.29 is 4.74 Å². The molecule has 1 aromatic carbocycles. The quantitative estimate of drug-likeness (QED) is 0.784. The first-order valence-corrected chi connectivity index (χ1v) is 7.08. The lowest BCUT2D eigenvalue weighted by molar-refractivity contribution is 0.415. The SMILES string of the molecule is COc1ccc2nn3c(c2c1)NCCC3c1ccccn1. The lowest BCUT2D eigenvalue weighted by Crippen LogP contribution is -2.24. The molecule has 0 radical (unpaired) electrons. The molecule has 0 amide bonds. The summed E-state index contributed by atoms with van der Waals surface area (Å²) in [5.74, 6) is 1.89. The molecule has 5 heteroatoms. The van der Waals surface area contributed by atoms with Crippen LogP contribution in [-0.2, 0) is 0 Å². The molecular weight excluding hydrogens is 264 g/mol. The largest absolute Gasteiger partial charge is 0.497 e. The summed E-state index contributed by atoms with van der Waals surface area (Å²) in [4.78, 5) is 4.49. The first-order chi connectivity index (χ1) is 10.4. The van der Waals surface area contributed by atoms with Crippen molar-refractivity contribution in [3.63, 3.8) is 0 Å². The molecule has 5 nitrogen and oxygen atoms in total. The summed E-state index contributed by atoms with van der Waals surface area (Å²) in [5.41, 5.74) is 2.03. The van der Waals surface area contributed by atoms with E-state index < -0.39 is 0 Å². The van der Waals surface area contributed by atoms with Crippen LogP contribution in [0.2, 0.25) is 0 Å². The van der Waals surface area contributed by atoms with Gasteiger partial charge in [-0.05, 0) is 36.8 Å². The van der Waals surface area contributed by atoms with Crippen LogP contribution in [0.1, 0.15) is 18.2 Å². The average Bonchev–Trinajstić information content (AvgIpc) is 2.93. The highest BCUT2D eigenvalue weighted by atomic mass is 16.5. The smallest absolute Gasteiger partial charge is 0.133 e. The van der Waals surface area contributed by atoms with Gasteiger partial charge in [-0.3, -0.25) is 4.98 Å². The summed E-state index contributed by atoms with van der Waals surface area (Å²) in [6.07, 6.45) is 2.82. The molecule has 1 aliphatic heterocycles. The average molecular weight is 280 g/mol. The minimum atomic E-state index is 0.181. The standard InChI is InChI=1S/C16H16N4O/c1-21-11-5-6-13-12(10-11)16-18-9-7-15(20(16)19-13)14-4-2-3-8-17-14/h2-6,8,10,15,18H,7,9H2,1H3. The number of hydrogen-bond acceptors (Lipinski definition) is 4. The molecule has 3 aromatic rings. The second kappa shape index (κ2) is 4.77. The van der Waals surface area contributed by atoms with Gasteiger partial charge >= 0.3 is 0 Å². The van der Waals surface area contributed by atoms with E-state index in [1.807, 2.05) is 36.5 Å². The van der Waals surface area contributed by atoms with E-state index in [-0.39, 0.29) is 6.04 Å². The number of nitrogens with zero attached hydrogens (tertiary/aromatic N) is 3. The van der Waals surface area contributed by atoms with E-state index in [1.165, 1.54) is 0 Å². The van der Waals surface area contributed by atoms with Crippen molar-refractivity contribution in [2.24, 2.45) is 0 Å². The molecule has 0 bridgehead atoms. The number of fused-ring (bicyclic) bond motifs is 3. The van der Waals surface area contributed by atoms with Crippen LogP contribution < -0.4 is 10.1 Å². The molecule has 0 saturated carbocycles. The molecule has 1 aliphatic rings. The number of rotatable bonds is 2. The predicted octanol–water partition coefficient (Wildman–Crippen LogP) is 2.84. The third-order valence-corrected chi connectivity index (χ3v) is 3.94. The number of anilines is 1. The van der Waals surface area contributed by atoms with Gasteiger partial charge in [0.15, 0.2) is 0 Å². The van der Waals surface area contributed by atoms with E-state index >= 15 is 0 Å². The van der Waals surface area contributed by atoms with Gasteiger partial charge in [-0.2, -0.15) is 5.10 Å². The van der Waals surface area contributed by atoms with Crippen molar-refractivity contribution >= 4 is 16.7 Å². The van der Waals surface area contributed by atoms with Crippen LogP contribution >= 0.6 is 0 Å².